The second kappa shape index (κ2) is 6.00. The Kier molecular flexibility index (Phi) is 3.89. The first-order valence-electron chi connectivity index (χ1n) is 7.29. The van der Waals surface area contributed by atoms with Crippen LogP contribution in [0.15, 0.2) is 47.9 Å². The summed E-state index contributed by atoms with van der Waals surface area (Å²) in [4.78, 5) is 14.6. The molecule has 3 aromatic rings. The van der Waals surface area contributed by atoms with Crippen LogP contribution in [-0.2, 0) is 6.54 Å². The number of fused-ring (bicyclic) bond motifs is 1. The molecule has 116 valence electrons. The number of aromatic nitrogens is 3. The summed E-state index contributed by atoms with van der Waals surface area (Å²) in [7, 11) is 0. The van der Waals surface area contributed by atoms with Crippen molar-refractivity contribution in [3.63, 3.8) is 0 Å². The first-order chi connectivity index (χ1) is 11.2. The van der Waals surface area contributed by atoms with Crippen molar-refractivity contribution in [3.8, 4) is 11.3 Å². The Hall–Kier alpha value is -3.02. The monoisotopic (exact) mass is 307 g/mol. The summed E-state index contributed by atoms with van der Waals surface area (Å²) in [6.07, 6.45) is 3.47. The summed E-state index contributed by atoms with van der Waals surface area (Å²) >= 11 is 0. The highest BCUT2D eigenvalue weighted by atomic mass is 16.3. The number of benzene rings is 1. The molecular formula is C17H17N5O. The highest BCUT2D eigenvalue weighted by molar-refractivity contribution is 5.88. The third-order valence-electron chi connectivity index (χ3n) is 3.91. The van der Waals surface area contributed by atoms with Crippen molar-refractivity contribution >= 4 is 16.9 Å². The van der Waals surface area contributed by atoms with Crippen molar-refractivity contribution in [3.05, 3.63) is 58.8 Å². The van der Waals surface area contributed by atoms with Gasteiger partial charge in [-0.15, -0.1) is 0 Å². The van der Waals surface area contributed by atoms with Crippen LogP contribution in [0.4, 0.5) is 5.82 Å². The number of anilines is 1. The van der Waals surface area contributed by atoms with Crippen molar-refractivity contribution < 1.29 is 0 Å². The van der Waals surface area contributed by atoms with Crippen LogP contribution in [0.25, 0.3) is 22.3 Å². The molecule has 0 fully saturated rings. The number of hydrogen-bond donors (Lipinski definition) is 1. The summed E-state index contributed by atoms with van der Waals surface area (Å²) in [5.74, 6) is 0.438. The lowest BCUT2D eigenvalue weighted by atomic mass is 10.1. The summed E-state index contributed by atoms with van der Waals surface area (Å²) in [5.41, 5.74) is 11.7. The van der Waals surface area contributed by atoms with Gasteiger partial charge in [0.05, 0.1) is 5.69 Å². The molecule has 2 aromatic heterocycles. The lowest BCUT2D eigenvalue weighted by molar-refractivity contribution is 0.913. The predicted octanol–water partition coefficient (Wildman–Crippen LogP) is 3.67. The van der Waals surface area contributed by atoms with Gasteiger partial charge in [-0.2, -0.15) is 10.0 Å². The average Bonchev–Trinajstić information content (AvgIpc) is 2.96. The van der Waals surface area contributed by atoms with Crippen molar-refractivity contribution in [2.24, 2.45) is 5.18 Å². The molecule has 0 atom stereocenters. The Bertz CT molecular complexity index is 910. The van der Waals surface area contributed by atoms with Gasteiger partial charge in [0, 0.05) is 11.1 Å². The molecule has 0 spiro atoms. The molecule has 6 heteroatoms. The first-order valence-corrected chi connectivity index (χ1v) is 7.29. The van der Waals surface area contributed by atoms with Crippen molar-refractivity contribution in [1.82, 2.24) is 14.6 Å². The zero-order valence-corrected chi connectivity index (χ0v) is 13.0. The minimum absolute atomic E-state index is 0.148. The van der Waals surface area contributed by atoms with E-state index in [2.05, 4.69) is 15.3 Å². The van der Waals surface area contributed by atoms with E-state index in [-0.39, 0.29) is 6.54 Å². The number of hydrogen-bond acceptors (Lipinski definition) is 5. The van der Waals surface area contributed by atoms with E-state index in [4.69, 9.17) is 5.73 Å². The molecule has 3 rings (SSSR count). The number of nitrogens with zero attached hydrogens (tertiary/aromatic N) is 4. The molecule has 0 aliphatic rings. The smallest absolute Gasteiger partial charge is 0.151 e. The van der Waals surface area contributed by atoms with Crippen LogP contribution in [0.2, 0.25) is 0 Å². The summed E-state index contributed by atoms with van der Waals surface area (Å²) < 4.78 is 1.79. The fourth-order valence-corrected chi connectivity index (χ4v) is 2.63. The Morgan fingerprint density at radius 2 is 2.22 bits per heavy atom. The zero-order valence-electron chi connectivity index (χ0n) is 13.0. The zero-order chi connectivity index (χ0) is 16.4. The number of allylic oxidation sites excluding steroid dienone is 2. The van der Waals surface area contributed by atoms with E-state index < -0.39 is 0 Å². The van der Waals surface area contributed by atoms with Crippen molar-refractivity contribution in [2.75, 3.05) is 5.73 Å². The number of nitroso groups, excluding NO2 is 1. The highest BCUT2D eigenvalue weighted by Crippen LogP contribution is 2.32. The average molecular weight is 307 g/mol. The van der Waals surface area contributed by atoms with Crippen molar-refractivity contribution in [2.45, 2.75) is 20.4 Å². The maximum atomic E-state index is 10.5. The molecule has 6 nitrogen and oxygen atoms in total. The molecule has 1 aromatic carbocycles. The Balaban J connectivity index is 2.28. The van der Waals surface area contributed by atoms with Crippen LogP contribution < -0.4 is 5.73 Å². The van der Waals surface area contributed by atoms with E-state index in [0.717, 1.165) is 33.5 Å². The van der Waals surface area contributed by atoms with Gasteiger partial charge in [-0.25, -0.2) is 9.50 Å². The lowest BCUT2D eigenvalue weighted by Crippen LogP contribution is -2.01. The van der Waals surface area contributed by atoms with E-state index in [1.807, 2.05) is 50.3 Å². The van der Waals surface area contributed by atoms with Gasteiger partial charge in [0.15, 0.2) is 5.82 Å². The van der Waals surface area contributed by atoms with Crippen LogP contribution in [0.1, 0.15) is 25.0 Å². The molecule has 0 saturated heterocycles. The minimum Gasteiger partial charge on any atom is -0.382 e. The molecule has 0 saturated carbocycles. The molecular weight excluding hydrogens is 290 g/mol. The van der Waals surface area contributed by atoms with E-state index in [1.54, 1.807) is 4.52 Å². The van der Waals surface area contributed by atoms with Gasteiger partial charge in [0.25, 0.3) is 0 Å². The summed E-state index contributed by atoms with van der Waals surface area (Å²) in [6.45, 7) is 4.15. The normalized spacial score (nSPS) is 11.8. The molecule has 2 N–H and O–H groups in total. The summed E-state index contributed by atoms with van der Waals surface area (Å²) in [6, 6.07) is 9.74. The van der Waals surface area contributed by atoms with Gasteiger partial charge in [-0.1, -0.05) is 29.5 Å². The number of nitrogens with two attached hydrogens (primary N) is 1. The van der Waals surface area contributed by atoms with Gasteiger partial charge in [0.2, 0.25) is 0 Å². The van der Waals surface area contributed by atoms with Gasteiger partial charge >= 0.3 is 0 Å². The Morgan fingerprint density at radius 3 is 2.96 bits per heavy atom. The number of nitrogen functional groups attached to an aromatic ring is 1. The molecule has 23 heavy (non-hydrogen) atoms. The maximum absolute atomic E-state index is 10.5. The van der Waals surface area contributed by atoms with Crippen LogP contribution in [0.5, 0.6) is 0 Å². The molecule has 0 aliphatic carbocycles. The Morgan fingerprint density at radius 1 is 1.39 bits per heavy atom. The maximum Gasteiger partial charge on any atom is 0.151 e. The van der Waals surface area contributed by atoms with E-state index in [1.165, 1.54) is 6.33 Å². The molecule has 0 bridgehead atoms. The second-order valence-electron chi connectivity index (χ2n) is 5.31. The third-order valence-corrected chi connectivity index (χ3v) is 3.91. The molecule has 0 unspecified atom stereocenters. The fourth-order valence-electron chi connectivity index (χ4n) is 2.63. The van der Waals surface area contributed by atoms with Gasteiger partial charge in [0.1, 0.15) is 18.4 Å². The minimum atomic E-state index is 0.148. The quantitative estimate of drug-likeness (QED) is 0.745. The van der Waals surface area contributed by atoms with E-state index in [0.29, 0.717) is 5.82 Å². The molecule has 2 heterocycles. The highest BCUT2D eigenvalue weighted by Gasteiger charge is 2.15. The first kappa shape index (κ1) is 14.9. The van der Waals surface area contributed by atoms with Crippen LogP contribution in [0, 0.1) is 4.91 Å². The van der Waals surface area contributed by atoms with Crippen LogP contribution in [0.3, 0.4) is 0 Å². The summed E-state index contributed by atoms with van der Waals surface area (Å²) in [5, 5.41) is 7.30. The molecule has 0 amide bonds. The third kappa shape index (κ3) is 2.59. The van der Waals surface area contributed by atoms with Crippen LogP contribution >= 0.6 is 0 Å². The predicted molar refractivity (Wildman–Crippen MR) is 91.7 cm³/mol. The second-order valence-corrected chi connectivity index (χ2v) is 5.31. The van der Waals surface area contributed by atoms with Crippen LogP contribution in [-0.4, -0.2) is 14.6 Å². The van der Waals surface area contributed by atoms with E-state index in [9.17, 15) is 4.91 Å². The fraction of sp³-hybridized carbons (Fsp3) is 0.176. The Labute approximate surface area is 133 Å². The lowest BCUT2D eigenvalue weighted by Gasteiger charge is -2.04. The molecule has 0 radical (unpaired) electrons. The topological polar surface area (TPSA) is 85.6 Å². The standard InChI is InChI=1S/C17H17N5O/c1-3-11(2)14-8-15(22-16(14)17(18)19-10-20-22)13-6-4-5-12(7-13)9-21-23/h3-8,10H,9H2,1-2H3,(H2,18,19,20)/b11-3+. The molecule has 0 aliphatic heterocycles. The van der Waals surface area contributed by atoms with Gasteiger partial charge < -0.3 is 5.73 Å². The number of rotatable bonds is 4. The van der Waals surface area contributed by atoms with E-state index >= 15 is 0 Å². The largest absolute Gasteiger partial charge is 0.382 e. The van der Waals surface area contributed by atoms with Gasteiger partial charge in [-0.3, -0.25) is 0 Å². The SMILES string of the molecule is C/C=C(\C)c1cc(-c2cccc(CN=O)c2)n2ncnc(N)c12. The van der Waals surface area contributed by atoms with Crippen molar-refractivity contribution in [1.29, 1.82) is 0 Å². The van der Waals surface area contributed by atoms with Gasteiger partial charge in [-0.05, 0) is 37.1 Å².